The van der Waals surface area contributed by atoms with Crippen molar-refractivity contribution in [1.29, 1.82) is 0 Å². The van der Waals surface area contributed by atoms with Gasteiger partial charge in [0.25, 0.3) is 11.8 Å². The van der Waals surface area contributed by atoms with Gasteiger partial charge in [-0.1, -0.05) is 18.8 Å². The van der Waals surface area contributed by atoms with Gasteiger partial charge in [0.2, 0.25) is 5.60 Å². The van der Waals surface area contributed by atoms with E-state index >= 15 is 0 Å². The van der Waals surface area contributed by atoms with Crippen LogP contribution in [0.4, 0.5) is 0 Å². The molecule has 0 radical (unpaired) electrons. The lowest BCUT2D eigenvalue weighted by molar-refractivity contribution is -0.137. The van der Waals surface area contributed by atoms with Crippen LogP contribution < -0.4 is 10.5 Å². The largest absolute Gasteiger partial charge is 0.491 e. The Morgan fingerprint density at radius 1 is 1.43 bits per heavy atom. The summed E-state index contributed by atoms with van der Waals surface area (Å²) in [7, 11) is 1.64. The summed E-state index contributed by atoms with van der Waals surface area (Å²) in [6.07, 6.45) is 0.270. The molecule has 1 aromatic heterocycles. The number of ether oxygens (including phenoxy) is 1. The molecule has 0 bridgehead atoms. The zero-order valence-electron chi connectivity index (χ0n) is 15.6. The molecule has 8 nitrogen and oxygen atoms in total. The molecule has 0 aliphatic carbocycles. The monoisotopic (exact) mass is 380 g/mol. The van der Waals surface area contributed by atoms with Crippen LogP contribution in [-0.4, -0.2) is 57.4 Å². The van der Waals surface area contributed by atoms with E-state index in [9.17, 15) is 14.7 Å². The maximum Gasteiger partial charge on any atom is 0.269 e. The standard InChI is InChI=1S/C20H20N4O4/c1-12-11-28-17-4-3-13(5-6-20(27)7-8-23(2)19(20)26)9-16(17)24-15(12)10-14(22-24)18(21)25/h3-4,9-10,12,27H,7-8,11H2,1-2H3,(H2,21,25)/t12-,20+/m1/s1. The lowest BCUT2D eigenvalue weighted by Crippen LogP contribution is -2.37. The predicted molar refractivity (Wildman–Crippen MR) is 100 cm³/mol. The summed E-state index contributed by atoms with van der Waals surface area (Å²) in [6, 6.07) is 6.94. The highest BCUT2D eigenvalue weighted by Crippen LogP contribution is 2.32. The Kier molecular flexibility index (Phi) is 4.12. The maximum absolute atomic E-state index is 12.1. The van der Waals surface area contributed by atoms with Crippen LogP contribution in [0.25, 0.3) is 5.69 Å². The number of amides is 2. The molecule has 144 valence electrons. The molecule has 0 spiro atoms. The van der Waals surface area contributed by atoms with E-state index in [0.717, 1.165) is 5.69 Å². The number of hydrogen-bond donors (Lipinski definition) is 2. The van der Waals surface area contributed by atoms with Crippen molar-refractivity contribution in [2.45, 2.75) is 24.9 Å². The van der Waals surface area contributed by atoms with E-state index in [1.165, 1.54) is 4.90 Å². The number of carbonyl (C=O) groups is 2. The third-order valence-electron chi connectivity index (χ3n) is 5.09. The van der Waals surface area contributed by atoms with Gasteiger partial charge in [0.15, 0.2) is 5.69 Å². The third kappa shape index (κ3) is 2.90. The molecule has 1 fully saturated rings. The summed E-state index contributed by atoms with van der Waals surface area (Å²) in [6.45, 7) is 2.87. The molecule has 2 atom stereocenters. The van der Waals surface area contributed by atoms with Crippen LogP contribution >= 0.6 is 0 Å². The second-order valence-electron chi connectivity index (χ2n) is 7.21. The Labute approximate surface area is 161 Å². The molecule has 3 heterocycles. The molecule has 28 heavy (non-hydrogen) atoms. The first-order valence-corrected chi connectivity index (χ1v) is 8.96. The van der Waals surface area contributed by atoms with E-state index in [1.807, 2.05) is 6.92 Å². The van der Waals surface area contributed by atoms with Gasteiger partial charge in [-0.25, -0.2) is 4.68 Å². The maximum atomic E-state index is 12.1. The van der Waals surface area contributed by atoms with E-state index in [4.69, 9.17) is 10.5 Å². The number of nitrogens with zero attached hydrogens (tertiary/aromatic N) is 3. The molecule has 4 rings (SSSR count). The number of fused-ring (bicyclic) bond motifs is 3. The first-order chi connectivity index (χ1) is 13.3. The molecule has 2 aromatic rings. The summed E-state index contributed by atoms with van der Waals surface area (Å²) >= 11 is 0. The number of likely N-dealkylation sites (N-methyl/N-ethyl adjacent to an activating group) is 1. The van der Waals surface area contributed by atoms with Gasteiger partial charge < -0.3 is 20.5 Å². The van der Waals surface area contributed by atoms with Gasteiger partial charge in [0.05, 0.1) is 12.3 Å². The summed E-state index contributed by atoms with van der Waals surface area (Å²) < 4.78 is 7.49. The van der Waals surface area contributed by atoms with Crippen molar-refractivity contribution in [1.82, 2.24) is 14.7 Å². The van der Waals surface area contributed by atoms with Gasteiger partial charge in [-0.05, 0) is 24.3 Å². The molecular formula is C20H20N4O4. The Bertz CT molecular complexity index is 1050. The van der Waals surface area contributed by atoms with Gasteiger partial charge in [-0.15, -0.1) is 0 Å². The zero-order valence-corrected chi connectivity index (χ0v) is 15.6. The van der Waals surface area contributed by atoms with Crippen molar-refractivity contribution < 1.29 is 19.4 Å². The molecule has 3 N–H and O–H groups in total. The SMILES string of the molecule is C[C@@H]1COc2ccc(C#C[C@]3(O)CCN(C)C3=O)cc2-n2nc(C(N)=O)cc21. The number of benzene rings is 1. The highest BCUT2D eigenvalue weighted by molar-refractivity contribution is 5.91. The van der Waals surface area contributed by atoms with Crippen molar-refractivity contribution in [3.8, 4) is 23.3 Å². The summed E-state index contributed by atoms with van der Waals surface area (Å²) in [5.74, 6) is 5.20. The number of likely N-dealkylation sites (tertiary alicyclic amines) is 1. The van der Waals surface area contributed by atoms with Crippen molar-refractivity contribution in [2.24, 2.45) is 5.73 Å². The highest BCUT2D eigenvalue weighted by atomic mass is 16.5. The zero-order chi connectivity index (χ0) is 20.1. The smallest absolute Gasteiger partial charge is 0.269 e. The minimum absolute atomic E-state index is 0.00916. The molecule has 8 heteroatoms. The first-order valence-electron chi connectivity index (χ1n) is 8.96. The molecule has 2 amide bonds. The van der Waals surface area contributed by atoms with Crippen LogP contribution in [0.1, 0.15) is 41.0 Å². The molecule has 1 aromatic carbocycles. The van der Waals surface area contributed by atoms with Crippen LogP contribution in [0.5, 0.6) is 5.75 Å². The lowest BCUT2D eigenvalue weighted by atomic mass is 10.0. The van der Waals surface area contributed by atoms with Crippen LogP contribution in [-0.2, 0) is 4.79 Å². The second kappa shape index (κ2) is 6.39. The van der Waals surface area contributed by atoms with Crippen LogP contribution in [0, 0.1) is 11.8 Å². The van der Waals surface area contributed by atoms with Crippen LogP contribution in [0.2, 0.25) is 0 Å². The highest BCUT2D eigenvalue weighted by Gasteiger charge is 2.42. The second-order valence-corrected chi connectivity index (χ2v) is 7.21. The van der Waals surface area contributed by atoms with Gasteiger partial charge in [-0.2, -0.15) is 5.10 Å². The van der Waals surface area contributed by atoms with Crippen LogP contribution in [0.3, 0.4) is 0 Å². The quantitative estimate of drug-likeness (QED) is 0.697. The fraction of sp³-hybridized carbons (Fsp3) is 0.350. The van der Waals surface area contributed by atoms with Crippen molar-refractivity contribution >= 4 is 11.8 Å². The molecule has 0 unspecified atom stereocenters. The van der Waals surface area contributed by atoms with Crippen molar-refractivity contribution in [2.75, 3.05) is 20.2 Å². The summed E-state index contributed by atoms with van der Waals surface area (Å²) in [5.41, 5.74) is 5.93. The predicted octanol–water partition coefficient (Wildman–Crippen LogP) is 0.412. The number of hydrogen-bond acceptors (Lipinski definition) is 5. The third-order valence-corrected chi connectivity index (χ3v) is 5.09. The fourth-order valence-electron chi connectivity index (χ4n) is 3.39. The van der Waals surface area contributed by atoms with Gasteiger partial charge >= 0.3 is 0 Å². The first kappa shape index (κ1) is 18.1. The van der Waals surface area contributed by atoms with E-state index in [1.54, 1.807) is 36.0 Å². The molecule has 2 aliphatic heterocycles. The number of rotatable bonds is 1. The molecular weight excluding hydrogens is 360 g/mol. The Balaban J connectivity index is 1.76. The summed E-state index contributed by atoms with van der Waals surface area (Å²) in [5, 5.41) is 14.8. The van der Waals surface area contributed by atoms with Gasteiger partial charge in [0.1, 0.15) is 11.4 Å². The number of aromatic nitrogens is 2. The normalized spacial score (nSPS) is 23.2. The number of carbonyl (C=O) groups excluding carboxylic acids is 2. The average molecular weight is 380 g/mol. The topological polar surface area (TPSA) is 111 Å². The lowest BCUT2D eigenvalue weighted by Gasteiger charge is -2.13. The van der Waals surface area contributed by atoms with Crippen molar-refractivity contribution in [3.05, 3.63) is 41.2 Å². The van der Waals surface area contributed by atoms with E-state index in [2.05, 4.69) is 16.9 Å². The van der Waals surface area contributed by atoms with E-state index < -0.39 is 17.4 Å². The van der Waals surface area contributed by atoms with Gasteiger partial charge in [0, 0.05) is 31.5 Å². The number of primary amides is 1. The summed E-state index contributed by atoms with van der Waals surface area (Å²) in [4.78, 5) is 25.1. The average Bonchev–Trinajstić information content (AvgIpc) is 3.20. The molecule has 1 saturated heterocycles. The minimum Gasteiger partial charge on any atom is -0.491 e. The number of nitrogens with two attached hydrogens (primary N) is 1. The Morgan fingerprint density at radius 2 is 2.21 bits per heavy atom. The minimum atomic E-state index is -1.66. The van der Waals surface area contributed by atoms with E-state index in [-0.39, 0.29) is 18.0 Å². The molecule has 2 aliphatic rings. The van der Waals surface area contributed by atoms with E-state index in [0.29, 0.717) is 30.2 Å². The van der Waals surface area contributed by atoms with Crippen molar-refractivity contribution in [3.63, 3.8) is 0 Å². The van der Waals surface area contributed by atoms with Gasteiger partial charge in [-0.3, -0.25) is 9.59 Å². The Hall–Kier alpha value is -3.31. The fourth-order valence-corrected chi connectivity index (χ4v) is 3.39. The number of aliphatic hydroxyl groups is 1. The van der Waals surface area contributed by atoms with Crippen LogP contribution in [0.15, 0.2) is 24.3 Å². The molecule has 0 saturated carbocycles. The Morgan fingerprint density at radius 3 is 2.89 bits per heavy atom.